The van der Waals surface area contributed by atoms with Gasteiger partial charge < -0.3 is 24.6 Å². The summed E-state index contributed by atoms with van der Waals surface area (Å²) >= 11 is 0. The van der Waals surface area contributed by atoms with Gasteiger partial charge in [0.25, 0.3) is 0 Å². The molecule has 3 rings (SSSR count). The lowest BCUT2D eigenvalue weighted by Crippen LogP contribution is -2.54. The summed E-state index contributed by atoms with van der Waals surface area (Å²) in [6.07, 6.45) is 0.626. The molecule has 0 spiro atoms. The highest BCUT2D eigenvalue weighted by Crippen LogP contribution is 2.32. The van der Waals surface area contributed by atoms with Crippen LogP contribution in [0.15, 0.2) is 18.2 Å². The molecule has 1 atom stereocenters. The monoisotopic (exact) mass is 369 g/mol. The number of nitrogens with zero attached hydrogens (tertiary/aromatic N) is 2. The van der Waals surface area contributed by atoms with Crippen LogP contribution in [0.5, 0.6) is 11.5 Å². The van der Waals surface area contributed by atoms with Crippen molar-refractivity contribution in [3.63, 3.8) is 0 Å². The quantitative estimate of drug-likeness (QED) is 0.835. The number of benzene rings is 1. The maximum absolute atomic E-state index is 12.8. The van der Waals surface area contributed by atoms with Crippen LogP contribution in [-0.2, 0) is 9.59 Å². The van der Waals surface area contributed by atoms with E-state index in [0.717, 1.165) is 5.69 Å². The maximum Gasteiger partial charge on any atom is 0.249 e. The molecule has 2 aliphatic rings. The van der Waals surface area contributed by atoms with Crippen molar-refractivity contribution in [1.82, 2.24) is 10.2 Å². The first kappa shape index (κ1) is 19.3. The first-order valence-corrected chi connectivity index (χ1v) is 8.07. The number of halogens is 1. The Balaban J connectivity index is 0.00000225. The number of rotatable bonds is 5. The first-order valence-electron chi connectivity index (χ1n) is 8.07. The van der Waals surface area contributed by atoms with E-state index in [0.29, 0.717) is 37.6 Å². The van der Waals surface area contributed by atoms with Gasteiger partial charge in [-0.05, 0) is 6.42 Å². The van der Waals surface area contributed by atoms with Gasteiger partial charge in [0.2, 0.25) is 11.8 Å². The molecule has 0 saturated carbocycles. The predicted molar refractivity (Wildman–Crippen MR) is 96.7 cm³/mol. The van der Waals surface area contributed by atoms with Crippen molar-refractivity contribution in [2.75, 3.05) is 45.8 Å². The van der Waals surface area contributed by atoms with Crippen molar-refractivity contribution in [3.05, 3.63) is 18.2 Å². The summed E-state index contributed by atoms with van der Waals surface area (Å²) in [5, 5.41) is 3.09. The summed E-state index contributed by atoms with van der Waals surface area (Å²) < 4.78 is 10.5. The van der Waals surface area contributed by atoms with Crippen molar-refractivity contribution < 1.29 is 19.1 Å². The lowest BCUT2D eigenvalue weighted by molar-refractivity contribution is -0.141. The molecule has 7 nitrogen and oxygen atoms in total. The fourth-order valence-electron chi connectivity index (χ4n) is 3.13. The number of amides is 2. The second-order valence-electron chi connectivity index (χ2n) is 6.17. The molecular weight excluding hydrogens is 346 g/mol. The molecule has 138 valence electrons. The van der Waals surface area contributed by atoms with E-state index >= 15 is 0 Å². The Hall–Kier alpha value is -1.99. The summed E-state index contributed by atoms with van der Waals surface area (Å²) in [6, 6.07) is 4.97. The number of nitrogens with one attached hydrogen (secondary N) is 1. The minimum absolute atomic E-state index is 0. The summed E-state index contributed by atoms with van der Waals surface area (Å²) in [5.41, 5.74) is 0.727. The van der Waals surface area contributed by atoms with Gasteiger partial charge in [0, 0.05) is 44.9 Å². The number of anilines is 1. The standard InChI is InChI=1S/C17H23N3O4.ClH/c1-19(16(21)11-9-18-10-11)15-4-5-20(17(15)22)12-6-13(23-2)8-14(7-12)24-3;/h6-8,11,15,18H,4-5,9-10H2,1-3H3;1H. The Morgan fingerprint density at radius 3 is 2.28 bits per heavy atom. The summed E-state index contributed by atoms with van der Waals surface area (Å²) in [5.74, 6) is 1.23. The maximum atomic E-state index is 12.8. The summed E-state index contributed by atoms with van der Waals surface area (Å²) in [4.78, 5) is 28.5. The number of hydrogen-bond acceptors (Lipinski definition) is 5. The van der Waals surface area contributed by atoms with E-state index in [1.54, 1.807) is 49.3 Å². The summed E-state index contributed by atoms with van der Waals surface area (Å²) in [6.45, 7) is 1.96. The number of methoxy groups -OCH3 is 2. The zero-order valence-electron chi connectivity index (χ0n) is 14.7. The van der Waals surface area contributed by atoms with Crippen LogP contribution in [-0.4, -0.2) is 63.7 Å². The topological polar surface area (TPSA) is 71.1 Å². The van der Waals surface area contributed by atoms with Gasteiger partial charge in [0.05, 0.1) is 25.8 Å². The third-order valence-corrected chi connectivity index (χ3v) is 4.77. The van der Waals surface area contributed by atoms with Crippen LogP contribution in [0, 0.1) is 5.92 Å². The Morgan fingerprint density at radius 1 is 1.20 bits per heavy atom. The second-order valence-corrected chi connectivity index (χ2v) is 6.17. The molecule has 0 bridgehead atoms. The van der Waals surface area contributed by atoms with E-state index in [4.69, 9.17) is 9.47 Å². The van der Waals surface area contributed by atoms with E-state index < -0.39 is 6.04 Å². The van der Waals surface area contributed by atoms with Gasteiger partial charge >= 0.3 is 0 Å². The molecule has 1 unspecified atom stereocenters. The predicted octanol–water partition coefficient (Wildman–Crippen LogP) is 0.909. The van der Waals surface area contributed by atoms with Gasteiger partial charge in [-0.2, -0.15) is 0 Å². The molecule has 1 aromatic carbocycles. The number of ether oxygens (including phenoxy) is 2. The molecule has 0 radical (unpaired) electrons. The SMILES string of the molecule is COc1cc(OC)cc(N2CCC(N(C)C(=O)C3CNC3)C2=O)c1.Cl. The molecule has 1 aromatic rings. The first-order chi connectivity index (χ1) is 11.5. The molecule has 2 heterocycles. The highest BCUT2D eigenvalue weighted by atomic mass is 35.5. The van der Waals surface area contributed by atoms with Crippen LogP contribution in [0.25, 0.3) is 0 Å². The Labute approximate surface area is 153 Å². The van der Waals surface area contributed by atoms with Gasteiger partial charge in [0.15, 0.2) is 0 Å². The molecule has 8 heteroatoms. The fraction of sp³-hybridized carbons (Fsp3) is 0.529. The smallest absolute Gasteiger partial charge is 0.249 e. The largest absolute Gasteiger partial charge is 0.497 e. The fourth-order valence-corrected chi connectivity index (χ4v) is 3.13. The van der Waals surface area contributed by atoms with E-state index in [9.17, 15) is 9.59 Å². The van der Waals surface area contributed by atoms with E-state index in [1.165, 1.54) is 0 Å². The second kappa shape index (κ2) is 7.93. The molecule has 25 heavy (non-hydrogen) atoms. The van der Waals surface area contributed by atoms with Crippen LogP contribution < -0.4 is 19.7 Å². The van der Waals surface area contributed by atoms with Crippen LogP contribution in [0.4, 0.5) is 5.69 Å². The zero-order valence-corrected chi connectivity index (χ0v) is 15.5. The normalized spacial score (nSPS) is 19.9. The number of likely N-dealkylation sites (N-methyl/N-ethyl adjacent to an activating group) is 1. The van der Waals surface area contributed by atoms with Crippen LogP contribution >= 0.6 is 12.4 Å². The van der Waals surface area contributed by atoms with Crippen LogP contribution in [0.1, 0.15) is 6.42 Å². The third-order valence-electron chi connectivity index (χ3n) is 4.77. The number of carbonyl (C=O) groups is 2. The van der Waals surface area contributed by atoms with Crippen molar-refractivity contribution >= 4 is 29.9 Å². The highest BCUT2D eigenvalue weighted by Gasteiger charge is 2.40. The minimum Gasteiger partial charge on any atom is -0.497 e. The number of hydrogen-bond donors (Lipinski definition) is 1. The van der Waals surface area contributed by atoms with Crippen LogP contribution in [0.3, 0.4) is 0 Å². The minimum atomic E-state index is -0.407. The molecular formula is C17H24ClN3O4. The van der Waals surface area contributed by atoms with Crippen molar-refractivity contribution in [2.24, 2.45) is 5.92 Å². The number of carbonyl (C=O) groups excluding carboxylic acids is 2. The van der Waals surface area contributed by atoms with E-state index in [-0.39, 0.29) is 30.1 Å². The zero-order chi connectivity index (χ0) is 17.3. The van der Waals surface area contributed by atoms with Crippen molar-refractivity contribution in [2.45, 2.75) is 12.5 Å². The Bertz CT molecular complexity index is 629. The van der Waals surface area contributed by atoms with E-state index in [2.05, 4.69) is 5.32 Å². The molecule has 2 saturated heterocycles. The lowest BCUT2D eigenvalue weighted by Gasteiger charge is -2.32. The molecule has 2 aliphatic heterocycles. The summed E-state index contributed by atoms with van der Waals surface area (Å²) in [7, 11) is 4.87. The lowest BCUT2D eigenvalue weighted by atomic mass is 10.0. The van der Waals surface area contributed by atoms with Gasteiger partial charge in [-0.1, -0.05) is 0 Å². The molecule has 0 aliphatic carbocycles. The van der Waals surface area contributed by atoms with Gasteiger partial charge in [-0.25, -0.2) is 0 Å². The average molecular weight is 370 g/mol. The van der Waals surface area contributed by atoms with Crippen molar-refractivity contribution in [1.29, 1.82) is 0 Å². The highest BCUT2D eigenvalue weighted by molar-refractivity contribution is 6.01. The Morgan fingerprint density at radius 2 is 1.80 bits per heavy atom. The van der Waals surface area contributed by atoms with Gasteiger partial charge in [-0.3, -0.25) is 9.59 Å². The molecule has 2 amide bonds. The van der Waals surface area contributed by atoms with Crippen molar-refractivity contribution in [3.8, 4) is 11.5 Å². The average Bonchev–Trinajstić information content (AvgIpc) is 2.93. The third kappa shape index (κ3) is 3.67. The van der Waals surface area contributed by atoms with Gasteiger partial charge in [0.1, 0.15) is 17.5 Å². The molecule has 2 fully saturated rings. The van der Waals surface area contributed by atoms with E-state index in [1.807, 2.05) is 0 Å². The Kier molecular flexibility index (Phi) is 6.13. The molecule has 0 aromatic heterocycles. The molecule has 1 N–H and O–H groups in total. The van der Waals surface area contributed by atoms with Gasteiger partial charge in [-0.15, -0.1) is 12.4 Å². The van der Waals surface area contributed by atoms with Crippen LogP contribution in [0.2, 0.25) is 0 Å².